The summed E-state index contributed by atoms with van der Waals surface area (Å²) < 4.78 is 2.03. The number of nitrogens with one attached hydrogen (secondary N) is 2. The van der Waals surface area contributed by atoms with Crippen LogP contribution >= 0.6 is 0 Å². The van der Waals surface area contributed by atoms with Crippen molar-refractivity contribution in [2.75, 3.05) is 17.7 Å². The van der Waals surface area contributed by atoms with Gasteiger partial charge in [-0.05, 0) is 13.0 Å². The Bertz CT molecular complexity index is 453. The number of hydrogen-bond acceptors (Lipinski definition) is 5. The average Bonchev–Trinajstić information content (AvgIpc) is 2.82. The third-order valence-corrected chi connectivity index (χ3v) is 2.32. The van der Waals surface area contributed by atoms with Gasteiger partial charge in [-0.3, -0.25) is 0 Å². The predicted octanol–water partition coefficient (Wildman–Crippen LogP) is 1.22. The van der Waals surface area contributed by atoms with E-state index in [1.54, 1.807) is 25.8 Å². The molecule has 0 saturated carbocycles. The topological polar surface area (TPSA) is 67.7 Å². The summed E-state index contributed by atoms with van der Waals surface area (Å²) >= 11 is 0. The van der Waals surface area contributed by atoms with Gasteiger partial charge in [-0.2, -0.15) is 4.98 Å². The Kier molecular flexibility index (Phi) is 3.54. The molecule has 0 amide bonds. The highest BCUT2D eigenvalue weighted by molar-refractivity contribution is 5.39. The minimum absolute atomic E-state index is 0.267. The zero-order chi connectivity index (χ0) is 12.1. The van der Waals surface area contributed by atoms with E-state index >= 15 is 0 Å². The summed E-state index contributed by atoms with van der Waals surface area (Å²) in [6.07, 6.45) is 7.25. The minimum atomic E-state index is 0.267. The lowest BCUT2D eigenvalue weighted by molar-refractivity contribution is 0.617. The van der Waals surface area contributed by atoms with E-state index in [4.69, 9.17) is 0 Å². The van der Waals surface area contributed by atoms with Crippen LogP contribution in [0.3, 0.4) is 0 Å². The van der Waals surface area contributed by atoms with Crippen LogP contribution in [0.5, 0.6) is 0 Å². The highest BCUT2D eigenvalue weighted by Gasteiger charge is 2.04. The molecule has 2 aromatic rings. The molecule has 0 bridgehead atoms. The van der Waals surface area contributed by atoms with Gasteiger partial charge < -0.3 is 15.2 Å². The Balaban J connectivity index is 1.95. The minimum Gasteiger partial charge on any atom is -0.366 e. The number of hydrogen-bond donors (Lipinski definition) is 2. The molecule has 2 aromatic heterocycles. The van der Waals surface area contributed by atoms with E-state index in [-0.39, 0.29) is 6.04 Å². The SMILES string of the molecule is CNc1nccc(NC(C)Cn2ccnc2)n1. The van der Waals surface area contributed by atoms with Crippen molar-refractivity contribution in [3.8, 4) is 0 Å². The molecule has 0 aliphatic rings. The Morgan fingerprint density at radius 3 is 3.00 bits per heavy atom. The molecule has 0 aliphatic carbocycles. The number of rotatable bonds is 5. The van der Waals surface area contributed by atoms with Gasteiger partial charge in [0.1, 0.15) is 5.82 Å². The Hall–Kier alpha value is -2.11. The largest absolute Gasteiger partial charge is 0.366 e. The summed E-state index contributed by atoms with van der Waals surface area (Å²) in [6, 6.07) is 2.12. The van der Waals surface area contributed by atoms with Gasteiger partial charge in [-0.25, -0.2) is 9.97 Å². The summed E-state index contributed by atoms with van der Waals surface area (Å²) in [4.78, 5) is 12.4. The molecule has 1 atom stereocenters. The van der Waals surface area contributed by atoms with Crippen molar-refractivity contribution in [3.05, 3.63) is 31.0 Å². The highest BCUT2D eigenvalue weighted by atomic mass is 15.1. The molecule has 1 unspecified atom stereocenters. The summed E-state index contributed by atoms with van der Waals surface area (Å²) in [6.45, 7) is 2.94. The molecule has 2 heterocycles. The molecule has 90 valence electrons. The molecule has 6 nitrogen and oxygen atoms in total. The maximum Gasteiger partial charge on any atom is 0.224 e. The lowest BCUT2D eigenvalue weighted by atomic mass is 10.3. The Morgan fingerprint density at radius 1 is 1.41 bits per heavy atom. The molecule has 0 aliphatic heterocycles. The smallest absolute Gasteiger partial charge is 0.224 e. The average molecular weight is 232 g/mol. The molecule has 2 N–H and O–H groups in total. The maximum absolute atomic E-state index is 4.30. The number of anilines is 2. The zero-order valence-electron chi connectivity index (χ0n) is 9.96. The number of nitrogens with zero attached hydrogens (tertiary/aromatic N) is 4. The van der Waals surface area contributed by atoms with Crippen molar-refractivity contribution in [3.63, 3.8) is 0 Å². The molecule has 0 fully saturated rings. The molecule has 0 saturated heterocycles. The van der Waals surface area contributed by atoms with Gasteiger partial charge in [-0.1, -0.05) is 0 Å². The van der Waals surface area contributed by atoms with Gasteiger partial charge in [0.15, 0.2) is 0 Å². The zero-order valence-corrected chi connectivity index (χ0v) is 9.96. The fraction of sp³-hybridized carbons (Fsp3) is 0.364. The normalized spacial score (nSPS) is 12.1. The number of imidazole rings is 1. The first-order valence-electron chi connectivity index (χ1n) is 5.51. The van der Waals surface area contributed by atoms with Crippen LogP contribution in [0.4, 0.5) is 11.8 Å². The van der Waals surface area contributed by atoms with Gasteiger partial charge in [0.05, 0.1) is 6.33 Å². The van der Waals surface area contributed by atoms with Crippen LogP contribution in [0.25, 0.3) is 0 Å². The van der Waals surface area contributed by atoms with Crippen LogP contribution in [0.15, 0.2) is 31.0 Å². The van der Waals surface area contributed by atoms with Crippen molar-refractivity contribution in [2.24, 2.45) is 0 Å². The maximum atomic E-state index is 4.30. The van der Waals surface area contributed by atoms with Crippen molar-refractivity contribution in [1.82, 2.24) is 19.5 Å². The summed E-state index contributed by atoms with van der Waals surface area (Å²) in [5.74, 6) is 1.43. The van der Waals surface area contributed by atoms with Gasteiger partial charge in [0.2, 0.25) is 5.95 Å². The second-order valence-corrected chi connectivity index (χ2v) is 3.82. The standard InChI is InChI=1S/C11H16N6/c1-9(7-17-6-5-13-8-17)15-10-3-4-14-11(12-2)16-10/h3-6,8-9H,7H2,1-2H3,(H2,12,14,15,16). The monoisotopic (exact) mass is 232 g/mol. The van der Waals surface area contributed by atoms with Gasteiger partial charge >= 0.3 is 0 Å². The second kappa shape index (κ2) is 5.29. The van der Waals surface area contributed by atoms with E-state index in [2.05, 4.69) is 32.5 Å². The van der Waals surface area contributed by atoms with E-state index in [0.29, 0.717) is 5.95 Å². The lowest BCUT2D eigenvalue weighted by Gasteiger charge is -2.15. The lowest BCUT2D eigenvalue weighted by Crippen LogP contribution is -2.22. The van der Waals surface area contributed by atoms with E-state index < -0.39 is 0 Å². The molecule has 6 heteroatoms. The third kappa shape index (κ3) is 3.17. The van der Waals surface area contributed by atoms with Gasteiger partial charge in [0.25, 0.3) is 0 Å². The van der Waals surface area contributed by atoms with Crippen LogP contribution in [0.1, 0.15) is 6.92 Å². The molecule has 0 spiro atoms. The first kappa shape index (κ1) is 11.4. The summed E-state index contributed by atoms with van der Waals surface area (Å²) in [5.41, 5.74) is 0. The molecule has 0 radical (unpaired) electrons. The Labute approximate surface area is 100 Å². The van der Waals surface area contributed by atoms with Gasteiger partial charge in [-0.15, -0.1) is 0 Å². The van der Waals surface area contributed by atoms with Crippen molar-refractivity contribution < 1.29 is 0 Å². The molecule has 2 rings (SSSR count). The van der Waals surface area contributed by atoms with Crippen LogP contribution in [0, 0.1) is 0 Å². The van der Waals surface area contributed by atoms with Crippen LogP contribution in [-0.4, -0.2) is 32.6 Å². The molecular formula is C11H16N6. The summed E-state index contributed by atoms with van der Waals surface area (Å²) in [5, 5.41) is 6.22. The fourth-order valence-electron chi connectivity index (χ4n) is 1.57. The highest BCUT2D eigenvalue weighted by Crippen LogP contribution is 2.07. The van der Waals surface area contributed by atoms with E-state index in [1.807, 2.05) is 16.8 Å². The predicted molar refractivity (Wildman–Crippen MR) is 66.9 cm³/mol. The quantitative estimate of drug-likeness (QED) is 0.811. The number of aromatic nitrogens is 4. The summed E-state index contributed by atoms with van der Waals surface area (Å²) in [7, 11) is 1.80. The Morgan fingerprint density at radius 2 is 2.29 bits per heavy atom. The van der Waals surface area contributed by atoms with E-state index in [1.165, 1.54) is 0 Å². The van der Waals surface area contributed by atoms with E-state index in [9.17, 15) is 0 Å². The van der Waals surface area contributed by atoms with E-state index in [0.717, 1.165) is 12.4 Å². The van der Waals surface area contributed by atoms with Crippen LogP contribution < -0.4 is 10.6 Å². The van der Waals surface area contributed by atoms with Crippen molar-refractivity contribution in [2.45, 2.75) is 19.5 Å². The van der Waals surface area contributed by atoms with Crippen LogP contribution in [-0.2, 0) is 6.54 Å². The van der Waals surface area contributed by atoms with Crippen molar-refractivity contribution >= 4 is 11.8 Å². The molecule has 0 aromatic carbocycles. The van der Waals surface area contributed by atoms with Crippen LogP contribution in [0.2, 0.25) is 0 Å². The first-order valence-corrected chi connectivity index (χ1v) is 5.51. The molecule has 17 heavy (non-hydrogen) atoms. The first-order chi connectivity index (χ1) is 8.28. The second-order valence-electron chi connectivity index (χ2n) is 3.82. The fourth-order valence-corrected chi connectivity index (χ4v) is 1.57. The molecular weight excluding hydrogens is 216 g/mol. The van der Waals surface area contributed by atoms with Crippen molar-refractivity contribution in [1.29, 1.82) is 0 Å². The van der Waals surface area contributed by atoms with Gasteiger partial charge in [0, 0.05) is 38.2 Å². The third-order valence-electron chi connectivity index (χ3n) is 2.32.